The second-order valence-corrected chi connectivity index (χ2v) is 10.1. The molecule has 0 fully saturated rings. The molecule has 9 nitrogen and oxygen atoms in total. The van der Waals surface area contributed by atoms with E-state index in [1.807, 2.05) is 43.3 Å². The number of non-ortho nitro benzene ring substituents is 1. The second kappa shape index (κ2) is 10.3. The van der Waals surface area contributed by atoms with Crippen molar-refractivity contribution in [3.05, 3.63) is 110 Å². The lowest BCUT2D eigenvalue weighted by Crippen LogP contribution is -2.21. The topological polar surface area (TPSA) is 119 Å². The lowest BCUT2D eigenvalue weighted by Gasteiger charge is -2.19. The molecule has 38 heavy (non-hydrogen) atoms. The van der Waals surface area contributed by atoms with Gasteiger partial charge in [-0.1, -0.05) is 51.1 Å². The van der Waals surface area contributed by atoms with Crippen molar-refractivity contribution in [2.45, 2.75) is 33.1 Å². The Kier molecular flexibility index (Phi) is 7.12. The average molecular weight is 512 g/mol. The van der Waals surface area contributed by atoms with Gasteiger partial charge in [-0.25, -0.2) is 4.98 Å². The third kappa shape index (κ3) is 5.62. The molecule has 0 unspecified atom stereocenters. The van der Waals surface area contributed by atoms with Crippen LogP contribution in [0.15, 0.2) is 77.7 Å². The summed E-state index contributed by atoms with van der Waals surface area (Å²) in [6.45, 7) is 8.23. The zero-order valence-electron chi connectivity index (χ0n) is 21.9. The largest absolute Gasteiger partial charge is 0.335 e. The molecule has 0 aliphatic rings. The number of nitrogens with zero attached hydrogens (tertiary/aromatic N) is 3. The Morgan fingerprint density at radius 3 is 2.37 bits per heavy atom. The number of carbonyl (C=O) groups excluding carboxylic acids is 1. The first-order valence-electron chi connectivity index (χ1n) is 12.0. The minimum Gasteiger partial charge on any atom is -0.335 e. The van der Waals surface area contributed by atoms with Crippen molar-refractivity contribution in [3.8, 4) is 11.3 Å². The average Bonchev–Trinajstić information content (AvgIpc) is 2.87. The summed E-state index contributed by atoms with van der Waals surface area (Å²) < 4.78 is 1.39. The van der Waals surface area contributed by atoms with Gasteiger partial charge in [0.05, 0.1) is 10.6 Å². The van der Waals surface area contributed by atoms with Crippen molar-refractivity contribution in [1.82, 2.24) is 9.55 Å². The van der Waals surface area contributed by atoms with Gasteiger partial charge in [-0.05, 0) is 47.7 Å². The van der Waals surface area contributed by atoms with Crippen LogP contribution >= 0.6 is 0 Å². The Hall–Kier alpha value is -4.79. The summed E-state index contributed by atoms with van der Waals surface area (Å²) in [5.41, 5.74) is 4.19. The molecular weight excluding hydrogens is 482 g/mol. The molecule has 3 aromatic carbocycles. The van der Waals surface area contributed by atoms with Gasteiger partial charge < -0.3 is 15.2 Å². The first-order chi connectivity index (χ1) is 17.9. The SMILES string of the molecule is Cc1c(NC(=O)c2ccc(C(C)(C)C)cc2)cccc1-c1cn(C)c(=O)c(Nc2cccc([N+](=O)[O-])c2)n1. The molecule has 0 aliphatic carbocycles. The number of anilines is 3. The van der Waals surface area contributed by atoms with Gasteiger partial charge in [0, 0.05) is 47.9 Å². The van der Waals surface area contributed by atoms with Crippen molar-refractivity contribution in [2.75, 3.05) is 10.6 Å². The molecule has 1 amide bonds. The van der Waals surface area contributed by atoms with Crippen LogP contribution in [0.1, 0.15) is 42.3 Å². The normalized spacial score (nSPS) is 11.2. The van der Waals surface area contributed by atoms with Crippen LogP contribution in [0, 0.1) is 17.0 Å². The number of amides is 1. The molecule has 4 aromatic rings. The maximum absolute atomic E-state index is 13.0. The molecule has 0 saturated carbocycles. The maximum atomic E-state index is 13.0. The number of nitrogens with one attached hydrogen (secondary N) is 2. The first kappa shape index (κ1) is 26.3. The molecule has 194 valence electrons. The minimum absolute atomic E-state index is 0.00829. The molecule has 0 spiro atoms. The van der Waals surface area contributed by atoms with E-state index < -0.39 is 4.92 Å². The van der Waals surface area contributed by atoms with E-state index in [0.717, 1.165) is 16.7 Å². The Morgan fingerprint density at radius 2 is 1.71 bits per heavy atom. The number of nitro groups is 1. The number of nitro benzene ring substituents is 1. The molecule has 2 N–H and O–H groups in total. The minimum atomic E-state index is -0.505. The van der Waals surface area contributed by atoms with Gasteiger partial charge in [0.1, 0.15) is 0 Å². The third-order valence-corrected chi connectivity index (χ3v) is 6.26. The number of rotatable bonds is 6. The lowest BCUT2D eigenvalue weighted by atomic mass is 9.86. The van der Waals surface area contributed by atoms with Crippen molar-refractivity contribution in [1.29, 1.82) is 0 Å². The van der Waals surface area contributed by atoms with Gasteiger partial charge in [0.15, 0.2) is 5.82 Å². The molecule has 0 atom stereocenters. The fraction of sp³-hybridized carbons (Fsp3) is 0.207. The number of benzene rings is 3. The first-order valence-corrected chi connectivity index (χ1v) is 12.0. The molecule has 0 bridgehead atoms. The molecule has 0 saturated heterocycles. The van der Waals surface area contributed by atoms with Gasteiger partial charge in [-0.3, -0.25) is 19.7 Å². The monoisotopic (exact) mass is 511 g/mol. The van der Waals surface area contributed by atoms with E-state index in [1.54, 1.807) is 25.4 Å². The summed E-state index contributed by atoms with van der Waals surface area (Å²) in [7, 11) is 1.61. The summed E-state index contributed by atoms with van der Waals surface area (Å²) >= 11 is 0. The maximum Gasteiger partial charge on any atom is 0.293 e. The molecule has 0 aliphatic heterocycles. The Bertz CT molecular complexity index is 1580. The smallest absolute Gasteiger partial charge is 0.293 e. The fourth-order valence-electron chi connectivity index (χ4n) is 4.02. The molecular formula is C29H29N5O4. The molecule has 1 heterocycles. The summed E-state index contributed by atoms with van der Waals surface area (Å²) in [4.78, 5) is 40.9. The zero-order valence-corrected chi connectivity index (χ0v) is 21.9. The van der Waals surface area contributed by atoms with E-state index in [2.05, 4.69) is 36.4 Å². The standard InChI is InChI=1S/C29H29N5O4/c1-18-23(10-7-11-24(18)32-27(35)19-12-14-20(15-13-19)29(2,3)4)25-17-33(5)28(36)26(31-25)30-21-8-6-9-22(16-21)34(37)38/h6-17H,1-5H3,(H,30,31)(H,32,35). The van der Waals surface area contributed by atoms with Crippen LogP contribution in [0.5, 0.6) is 0 Å². The third-order valence-electron chi connectivity index (χ3n) is 6.26. The van der Waals surface area contributed by atoms with Crippen molar-refractivity contribution in [2.24, 2.45) is 7.05 Å². The van der Waals surface area contributed by atoms with E-state index in [9.17, 15) is 19.7 Å². The van der Waals surface area contributed by atoms with Crippen LogP contribution in [-0.4, -0.2) is 20.4 Å². The Labute approximate surface area is 220 Å². The number of aromatic nitrogens is 2. The summed E-state index contributed by atoms with van der Waals surface area (Å²) in [5, 5.41) is 17.0. The van der Waals surface area contributed by atoms with E-state index in [0.29, 0.717) is 22.6 Å². The van der Waals surface area contributed by atoms with Crippen LogP contribution in [0.3, 0.4) is 0 Å². The molecule has 9 heteroatoms. The highest BCUT2D eigenvalue weighted by Gasteiger charge is 2.17. The quantitative estimate of drug-likeness (QED) is 0.244. The number of hydrogen-bond acceptors (Lipinski definition) is 6. The van der Waals surface area contributed by atoms with Crippen LogP contribution in [0.4, 0.5) is 22.9 Å². The Morgan fingerprint density at radius 1 is 1.03 bits per heavy atom. The van der Waals surface area contributed by atoms with Crippen molar-refractivity contribution < 1.29 is 9.72 Å². The van der Waals surface area contributed by atoms with E-state index in [-0.39, 0.29) is 28.4 Å². The van der Waals surface area contributed by atoms with Crippen LogP contribution in [-0.2, 0) is 12.5 Å². The predicted molar refractivity (Wildman–Crippen MR) is 149 cm³/mol. The van der Waals surface area contributed by atoms with E-state index in [1.165, 1.54) is 22.8 Å². The second-order valence-electron chi connectivity index (χ2n) is 10.1. The molecule has 4 rings (SSSR count). The van der Waals surface area contributed by atoms with Crippen LogP contribution in [0.25, 0.3) is 11.3 Å². The van der Waals surface area contributed by atoms with Crippen LogP contribution in [0.2, 0.25) is 0 Å². The molecule has 1 aromatic heterocycles. The number of hydrogen-bond donors (Lipinski definition) is 2. The highest BCUT2D eigenvalue weighted by Crippen LogP contribution is 2.29. The van der Waals surface area contributed by atoms with E-state index in [4.69, 9.17) is 0 Å². The van der Waals surface area contributed by atoms with E-state index >= 15 is 0 Å². The van der Waals surface area contributed by atoms with Gasteiger partial charge in [-0.2, -0.15) is 0 Å². The van der Waals surface area contributed by atoms with Gasteiger partial charge in [-0.15, -0.1) is 0 Å². The van der Waals surface area contributed by atoms with Gasteiger partial charge in [0.25, 0.3) is 17.2 Å². The summed E-state index contributed by atoms with van der Waals surface area (Å²) in [6, 6.07) is 18.9. The van der Waals surface area contributed by atoms with Gasteiger partial charge in [0.2, 0.25) is 0 Å². The molecule has 0 radical (unpaired) electrons. The Balaban J connectivity index is 1.64. The lowest BCUT2D eigenvalue weighted by molar-refractivity contribution is -0.384. The van der Waals surface area contributed by atoms with Gasteiger partial charge >= 0.3 is 0 Å². The van der Waals surface area contributed by atoms with Crippen LogP contribution < -0.4 is 16.2 Å². The summed E-state index contributed by atoms with van der Waals surface area (Å²) in [6.07, 6.45) is 1.61. The van der Waals surface area contributed by atoms with Crippen molar-refractivity contribution >= 4 is 28.8 Å². The highest BCUT2D eigenvalue weighted by atomic mass is 16.6. The summed E-state index contributed by atoms with van der Waals surface area (Å²) in [5.74, 6) is -0.203. The number of carbonyl (C=O) groups is 1. The zero-order chi connectivity index (χ0) is 27.6. The predicted octanol–water partition coefficient (Wildman–Crippen LogP) is 5.96. The highest BCUT2D eigenvalue weighted by molar-refractivity contribution is 6.05. The van der Waals surface area contributed by atoms with Crippen molar-refractivity contribution in [3.63, 3.8) is 0 Å². The number of aryl methyl sites for hydroxylation is 1. The fourth-order valence-corrected chi connectivity index (χ4v) is 4.02.